The topological polar surface area (TPSA) is 95.9 Å². The minimum absolute atomic E-state index is 0.0440. The lowest BCUT2D eigenvalue weighted by molar-refractivity contribution is -0.128. The maximum atomic E-state index is 12.5. The molecule has 0 spiro atoms. The van der Waals surface area contributed by atoms with E-state index in [-0.39, 0.29) is 35.4 Å². The number of para-hydroxylation sites is 1. The molecule has 1 aliphatic heterocycles. The Balaban J connectivity index is 1.53. The van der Waals surface area contributed by atoms with Gasteiger partial charge in [0.05, 0.1) is 18.2 Å². The van der Waals surface area contributed by atoms with Crippen LogP contribution >= 0.6 is 0 Å². The Hall–Kier alpha value is -3.35. The number of nitrogens with one attached hydrogen (secondary N) is 1. The normalized spacial score (nSPS) is 16.1. The number of likely N-dealkylation sites (tertiary alicyclic amines) is 1. The Bertz CT molecular complexity index is 882. The van der Waals surface area contributed by atoms with Crippen molar-refractivity contribution in [2.24, 2.45) is 0 Å². The maximum absolute atomic E-state index is 12.5. The van der Waals surface area contributed by atoms with E-state index >= 15 is 0 Å². The molecule has 146 valence electrons. The summed E-state index contributed by atoms with van der Waals surface area (Å²) in [6, 6.07) is 13.5. The number of nitrogens with zero attached hydrogens (tertiary/aromatic N) is 1. The first kappa shape index (κ1) is 19.4. The van der Waals surface area contributed by atoms with E-state index in [1.807, 2.05) is 30.3 Å². The number of carbonyl (C=O) groups excluding carboxylic acids is 2. The Kier molecular flexibility index (Phi) is 5.93. The van der Waals surface area contributed by atoms with Gasteiger partial charge in [-0.2, -0.15) is 0 Å². The molecule has 0 aliphatic carbocycles. The number of carbonyl (C=O) groups is 3. The molecule has 2 aromatic carbocycles. The van der Waals surface area contributed by atoms with Crippen molar-refractivity contribution in [3.05, 3.63) is 65.2 Å². The van der Waals surface area contributed by atoms with Crippen molar-refractivity contribution < 1.29 is 24.2 Å². The molecule has 1 aliphatic rings. The van der Waals surface area contributed by atoms with Gasteiger partial charge in [-0.15, -0.1) is 0 Å². The highest BCUT2D eigenvalue weighted by molar-refractivity contribution is 5.98. The van der Waals surface area contributed by atoms with E-state index in [1.165, 1.54) is 12.1 Å². The number of rotatable bonds is 7. The highest BCUT2D eigenvalue weighted by Gasteiger charge is 2.30. The van der Waals surface area contributed by atoms with Gasteiger partial charge in [0.25, 0.3) is 5.91 Å². The van der Waals surface area contributed by atoms with Crippen LogP contribution in [0.5, 0.6) is 5.75 Å². The lowest BCUT2D eigenvalue weighted by Crippen LogP contribution is -2.38. The minimum Gasteiger partial charge on any atom is -0.492 e. The average Bonchev–Trinajstić information content (AvgIpc) is 3.01. The van der Waals surface area contributed by atoms with Crippen LogP contribution in [0, 0.1) is 6.92 Å². The number of aromatic carboxylic acids is 1. The summed E-state index contributed by atoms with van der Waals surface area (Å²) in [7, 11) is 0. The summed E-state index contributed by atoms with van der Waals surface area (Å²) in [5.41, 5.74) is 1.02. The summed E-state index contributed by atoms with van der Waals surface area (Å²) in [5, 5.41) is 12.0. The largest absolute Gasteiger partial charge is 0.492 e. The molecule has 7 nitrogen and oxygen atoms in total. The first-order valence-electron chi connectivity index (χ1n) is 9.04. The van der Waals surface area contributed by atoms with Crippen molar-refractivity contribution in [2.45, 2.75) is 19.4 Å². The summed E-state index contributed by atoms with van der Waals surface area (Å²) < 4.78 is 5.61. The van der Waals surface area contributed by atoms with Crippen LogP contribution in [-0.2, 0) is 4.79 Å². The van der Waals surface area contributed by atoms with E-state index in [2.05, 4.69) is 5.32 Å². The van der Waals surface area contributed by atoms with Crippen LogP contribution in [0.1, 0.15) is 32.7 Å². The van der Waals surface area contributed by atoms with Crippen LogP contribution < -0.4 is 10.1 Å². The van der Waals surface area contributed by atoms with Crippen molar-refractivity contribution in [1.29, 1.82) is 0 Å². The third-order valence-electron chi connectivity index (χ3n) is 4.51. The molecule has 1 unspecified atom stereocenters. The third kappa shape index (κ3) is 4.88. The Morgan fingerprint density at radius 3 is 2.61 bits per heavy atom. The summed E-state index contributed by atoms with van der Waals surface area (Å²) in [4.78, 5) is 37.5. The van der Waals surface area contributed by atoms with Gasteiger partial charge in [-0.25, -0.2) is 4.79 Å². The standard InChI is InChI=1S/C21H22N2O5/c1-14-9-15(11-16(10-14)21(26)27)20(25)22-17-12-19(24)23(13-17)7-8-28-18-5-3-2-4-6-18/h2-6,9-11,17H,7-8,12-13H2,1H3,(H,22,25)(H,26,27). The van der Waals surface area contributed by atoms with Crippen molar-refractivity contribution >= 4 is 17.8 Å². The average molecular weight is 382 g/mol. The highest BCUT2D eigenvalue weighted by Crippen LogP contribution is 2.15. The predicted molar refractivity (Wildman–Crippen MR) is 103 cm³/mol. The van der Waals surface area contributed by atoms with Gasteiger partial charge in [0.1, 0.15) is 12.4 Å². The van der Waals surface area contributed by atoms with E-state index < -0.39 is 5.97 Å². The number of hydrogen-bond donors (Lipinski definition) is 2. The fourth-order valence-electron chi connectivity index (χ4n) is 3.18. The van der Waals surface area contributed by atoms with Crippen LogP contribution in [-0.4, -0.2) is 53.5 Å². The number of carboxylic acid groups (broad SMARTS) is 1. The molecule has 28 heavy (non-hydrogen) atoms. The molecule has 1 atom stereocenters. The summed E-state index contributed by atoms with van der Waals surface area (Å²) >= 11 is 0. The molecule has 0 aromatic heterocycles. The Morgan fingerprint density at radius 2 is 1.89 bits per heavy atom. The van der Waals surface area contributed by atoms with Gasteiger partial charge in [-0.05, 0) is 42.8 Å². The number of ether oxygens (including phenoxy) is 1. The molecule has 7 heteroatoms. The molecule has 1 fully saturated rings. The van der Waals surface area contributed by atoms with Gasteiger partial charge >= 0.3 is 5.97 Å². The van der Waals surface area contributed by atoms with Crippen molar-refractivity contribution in [1.82, 2.24) is 10.2 Å². The van der Waals surface area contributed by atoms with Crippen LogP contribution in [0.3, 0.4) is 0 Å². The lowest BCUT2D eigenvalue weighted by atomic mass is 10.1. The number of carboxylic acids is 1. The first-order valence-corrected chi connectivity index (χ1v) is 9.04. The zero-order valence-corrected chi connectivity index (χ0v) is 15.6. The molecular formula is C21H22N2O5. The summed E-state index contributed by atoms with van der Waals surface area (Å²) in [5.74, 6) is -0.769. The number of hydrogen-bond acceptors (Lipinski definition) is 4. The minimum atomic E-state index is -1.08. The quantitative estimate of drug-likeness (QED) is 0.765. The molecule has 2 N–H and O–H groups in total. The fourth-order valence-corrected chi connectivity index (χ4v) is 3.18. The van der Waals surface area contributed by atoms with Crippen molar-refractivity contribution in [3.8, 4) is 5.75 Å². The molecule has 2 aromatic rings. The van der Waals surface area contributed by atoms with Gasteiger partial charge in [0, 0.05) is 18.5 Å². The monoisotopic (exact) mass is 382 g/mol. The van der Waals surface area contributed by atoms with Crippen LogP contribution in [0.25, 0.3) is 0 Å². The van der Waals surface area contributed by atoms with E-state index in [0.717, 1.165) is 5.75 Å². The molecule has 1 heterocycles. The smallest absolute Gasteiger partial charge is 0.335 e. The maximum Gasteiger partial charge on any atom is 0.335 e. The van der Waals surface area contributed by atoms with Crippen LogP contribution in [0.15, 0.2) is 48.5 Å². The fraction of sp³-hybridized carbons (Fsp3) is 0.286. The van der Waals surface area contributed by atoms with Gasteiger partial charge in [0.15, 0.2) is 0 Å². The predicted octanol–water partition coefficient (Wildman–Crippen LogP) is 2.10. The third-order valence-corrected chi connectivity index (χ3v) is 4.51. The zero-order valence-electron chi connectivity index (χ0n) is 15.6. The second kappa shape index (κ2) is 8.56. The summed E-state index contributed by atoms with van der Waals surface area (Å²) in [6.45, 7) is 2.95. The van der Waals surface area contributed by atoms with Crippen LogP contribution in [0.2, 0.25) is 0 Å². The van der Waals surface area contributed by atoms with E-state index in [9.17, 15) is 14.4 Å². The molecule has 0 saturated carbocycles. The van der Waals surface area contributed by atoms with E-state index in [4.69, 9.17) is 9.84 Å². The first-order chi connectivity index (χ1) is 13.4. The van der Waals surface area contributed by atoms with Gasteiger partial charge in [0.2, 0.25) is 5.91 Å². The number of amides is 2. The Morgan fingerprint density at radius 1 is 1.18 bits per heavy atom. The molecule has 2 amide bonds. The van der Waals surface area contributed by atoms with Gasteiger partial charge < -0.3 is 20.1 Å². The molecule has 0 bridgehead atoms. The molecule has 0 radical (unpaired) electrons. The number of aryl methyl sites for hydroxylation is 1. The highest BCUT2D eigenvalue weighted by atomic mass is 16.5. The molecule has 3 rings (SSSR count). The second-order valence-electron chi connectivity index (χ2n) is 6.77. The SMILES string of the molecule is Cc1cc(C(=O)O)cc(C(=O)NC2CC(=O)N(CCOc3ccccc3)C2)c1. The lowest BCUT2D eigenvalue weighted by Gasteiger charge is -2.17. The van der Waals surface area contributed by atoms with Gasteiger partial charge in [-0.1, -0.05) is 18.2 Å². The molecule has 1 saturated heterocycles. The van der Waals surface area contributed by atoms with E-state index in [0.29, 0.717) is 25.3 Å². The number of benzene rings is 2. The Labute approximate surface area is 162 Å². The zero-order chi connectivity index (χ0) is 20.1. The molecular weight excluding hydrogens is 360 g/mol. The summed E-state index contributed by atoms with van der Waals surface area (Å²) in [6.07, 6.45) is 0.217. The van der Waals surface area contributed by atoms with Crippen LogP contribution in [0.4, 0.5) is 0 Å². The van der Waals surface area contributed by atoms with E-state index in [1.54, 1.807) is 17.9 Å². The van der Waals surface area contributed by atoms with Crippen molar-refractivity contribution in [3.63, 3.8) is 0 Å². The van der Waals surface area contributed by atoms with Gasteiger partial charge in [-0.3, -0.25) is 9.59 Å². The second-order valence-corrected chi connectivity index (χ2v) is 6.77. The van der Waals surface area contributed by atoms with Crippen molar-refractivity contribution in [2.75, 3.05) is 19.7 Å².